The van der Waals surface area contributed by atoms with Gasteiger partial charge in [0.2, 0.25) is 5.91 Å². The SMILES string of the molecule is Cc1ccccc1N(C(=O)c1snc(C(N)=O)c1N)[C@@H](C(=O)NC[C@@H]1CCCO1)c1ccc(N(C)C)cc1. The monoisotopic (exact) mass is 536 g/mol. The Morgan fingerprint density at radius 2 is 1.87 bits per heavy atom. The number of benzene rings is 2. The summed E-state index contributed by atoms with van der Waals surface area (Å²) < 4.78 is 9.69. The lowest BCUT2D eigenvalue weighted by atomic mass is 10.0. The van der Waals surface area contributed by atoms with Gasteiger partial charge in [-0.1, -0.05) is 30.3 Å². The van der Waals surface area contributed by atoms with Gasteiger partial charge < -0.3 is 26.4 Å². The first-order chi connectivity index (χ1) is 18.2. The Balaban J connectivity index is 1.83. The van der Waals surface area contributed by atoms with E-state index in [1.54, 1.807) is 12.1 Å². The molecule has 1 fully saturated rings. The topological polar surface area (TPSA) is 144 Å². The highest BCUT2D eigenvalue weighted by Gasteiger charge is 2.37. The predicted molar refractivity (Wildman–Crippen MR) is 149 cm³/mol. The molecule has 0 radical (unpaired) electrons. The van der Waals surface area contributed by atoms with Crippen molar-refractivity contribution in [3.63, 3.8) is 0 Å². The van der Waals surface area contributed by atoms with Gasteiger partial charge in [-0.25, -0.2) is 0 Å². The van der Waals surface area contributed by atoms with Crippen LogP contribution in [-0.4, -0.2) is 55.4 Å². The summed E-state index contributed by atoms with van der Waals surface area (Å²) in [7, 11) is 3.85. The molecule has 10 nitrogen and oxygen atoms in total. The molecular weight excluding hydrogens is 504 g/mol. The van der Waals surface area contributed by atoms with E-state index >= 15 is 0 Å². The fourth-order valence-corrected chi connectivity index (χ4v) is 5.17. The first-order valence-electron chi connectivity index (χ1n) is 12.3. The lowest BCUT2D eigenvalue weighted by Crippen LogP contribution is -2.46. The maximum absolute atomic E-state index is 14.2. The van der Waals surface area contributed by atoms with Crippen molar-refractivity contribution in [2.75, 3.05) is 42.8 Å². The van der Waals surface area contributed by atoms with Gasteiger partial charge >= 0.3 is 0 Å². The highest BCUT2D eigenvalue weighted by atomic mass is 32.1. The molecule has 0 aliphatic carbocycles. The van der Waals surface area contributed by atoms with Crippen LogP contribution in [0.25, 0.3) is 0 Å². The van der Waals surface area contributed by atoms with Crippen LogP contribution in [0.2, 0.25) is 0 Å². The first kappa shape index (κ1) is 27.1. The Bertz CT molecular complexity index is 1320. The number of para-hydroxylation sites is 1. The van der Waals surface area contributed by atoms with Crippen molar-refractivity contribution in [2.45, 2.75) is 31.9 Å². The van der Waals surface area contributed by atoms with E-state index in [-0.39, 0.29) is 28.3 Å². The quantitative estimate of drug-likeness (QED) is 0.381. The van der Waals surface area contributed by atoms with Gasteiger partial charge in [-0.05, 0) is 60.6 Å². The molecule has 4 rings (SSSR count). The number of nitrogens with zero attached hydrogens (tertiary/aromatic N) is 3. The Morgan fingerprint density at radius 1 is 1.16 bits per heavy atom. The van der Waals surface area contributed by atoms with Gasteiger partial charge in [0.05, 0.1) is 11.8 Å². The van der Waals surface area contributed by atoms with Crippen LogP contribution in [-0.2, 0) is 9.53 Å². The Morgan fingerprint density at radius 3 is 2.45 bits per heavy atom. The number of nitrogen functional groups attached to an aromatic ring is 1. The Kier molecular flexibility index (Phi) is 8.28. The van der Waals surface area contributed by atoms with Gasteiger partial charge in [0.1, 0.15) is 10.9 Å². The Hall–Kier alpha value is -3.96. The molecule has 2 heterocycles. The van der Waals surface area contributed by atoms with Crippen LogP contribution in [0.5, 0.6) is 0 Å². The minimum atomic E-state index is -1.04. The van der Waals surface area contributed by atoms with Crippen molar-refractivity contribution in [3.8, 4) is 0 Å². The molecule has 3 amide bonds. The van der Waals surface area contributed by atoms with E-state index < -0.39 is 17.9 Å². The minimum absolute atomic E-state index is 0.0314. The average molecular weight is 537 g/mol. The zero-order valence-corrected chi connectivity index (χ0v) is 22.5. The molecule has 2 aromatic carbocycles. The van der Waals surface area contributed by atoms with E-state index in [0.717, 1.165) is 35.6 Å². The average Bonchev–Trinajstić information content (AvgIpc) is 3.56. The van der Waals surface area contributed by atoms with Crippen molar-refractivity contribution < 1.29 is 19.1 Å². The Labute approximate surface area is 225 Å². The van der Waals surface area contributed by atoms with Crippen molar-refractivity contribution in [1.82, 2.24) is 9.69 Å². The summed E-state index contributed by atoms with van der Waals surface area (Å²) in [6.07, 6.45) is 1.72. The molecular formula is C27H32N6O4S. The zero-order chi connectivity index (χ0) is 27.4. The fraction of sp³-hybridized carbons (Fsp3) is 0.333. The number of hydrogen-bond acceptors (Lipinski definition) is 8. The third-order valence-electron chi connectivity index (χ3n) is 6.51. The van der Waals surface area contributed by atoms with E-state index in [1.807, 2.05) is 62.3 Å². The number of anilines is 3. The van der Waals surface area contributed by atoms with E-state index in [2.05, 4.69) is 9.69 Å². The molecule has 2 atom stereocenters. The number of nitrogens with one attached hydrogen (secondary N) is 1. The summed E-state index contributed by atoms with van der Waals surface area (Å²) in [5.41, 5.74) is 14.1. The maximum atomic E-state index is 14.2. The van der Waals surface area contributed by atoms with Gasteiger partial charge in [-0.2, -0.15) is 4.37 Å². The second-order valence-corrected chi connectivity index (χ2v) is 10.1. The molecule has 1 aliphatic rings. The molecule has 1 aliphatic heterocycles. The fourth-order valence-electron chi connectivity index (χ4n) is 4.43. The lowest BCUT2D eigenvalue weighted by molar-refractivity contribution is -0.123. The number of hydrogen-bond donors (Lipinski definition) is 3. The number of aryl methyl sites for hydroxylation is 1. The van der Waals surface area contributed by atoms with Crippen molar-refractivity contribution in [3.05, 3.63) is 70.2 Å². The number of nitrogens with two attached hydrogens (primary N) is 2. The normalized spacial score (nSPS) is 15.6. The standard InChI is InChI=1S/C27H32N6O4S/c1-16-7-4-5-9-20(16)33(27(36)24-21(28)22(25(29)34)31-38-24)23(17-10-12-18(13-11-17)32(2)3)26(35)30-15-19-8-6-14-37-19/h4-5,7,9-13,19,23H,6,8,14-15,28H2,1-3H3,(H2,29,34)(H,30,35)/t19-,23+/m0/s1. The lowest BCUT2D eigenvalue weighted by Gasteiger charge is -2.32. The summed E-state index contributed by atoms with van der Waals surface area (Å²) in [5, 5.41) is 2.99. The van der Waals surface area contributed by atoms with Gasteiger partial charge in [0.25, 0.3) is 11.8 Å². The van der Waals surface area contributed by atoms with E-state index in [9.17, 15) is 14.4 Å². The minimum Gasteiger partial charge on any atom is -0.395 e. The summed E-state index contributed by atoms with van der Waals surface area (Å²) in [5.74, 6) is -1.76. The van der Waals surface area contributed by atoms with Crippen molar-refractivity contribution in [2.24, 2.45) is 5.73 Å². The van der Waals surface area contributed by atoms with Gasteiger partial charge in [0.15, 0.2) is 5.69 Å². The molecule has 38 heavy (non-hydrogen) atoms. The van der Waals surface area contributed by atoms with E-state index in [4.69, 9.17) is 16.2 Å². The molecule has 11 heteroatoms. The first-order valence-corrected chi connectivity index (χ1v) is 13.1. The second kappa shape index (κ2) is 11.6. The van der Waals surface area contributed by atoms with E-state index in [1.165, 1.54) is 4.90 Å². The summed E-state index contributed by atoms with van der Waals surface area (Å²) in [4.78, 5) is 43.2. The largest absolute Gasteiger partial charge is 0.395 e. The third kappa shape index (κ3) is 5.63. The van der Waals surface area contributed by atoms with Crippen LogP contribution in [0.15, 0.2) is 48.5 Å². The third-order valence-corrected chi connectivity index (χ3v) is 7.36. The summed E-state index contributed by atoms with van der Waals surface area (Å²) >= 11 is 0.780. The number of carbonyl (C=O) groups is 3. The molecule has 0 spiro atoms. The maximum Gasteiger partial charge on any atom is 0.273 e. The van der Waals surface area contributed by atoms with Gasteiger partial charge in [-0.3, -0.25) is 19.3 Å². The number of amides is 3. The molecule has 3 aromatic rings. The van der Waals surface area contributed by atoms with Crippen LogP contribution in [0.4, 0.5) is 17.1 Å². The number of aromatic nitrogens is 1. The number of carbonyl (C=O) groups excluding carboxylic acids is 3. The van der Waals surface area contributed by atoms with E-state index in [0.29, 0.717) is 24.4 Å². The van der Waals surface area contributed by atoms with Gasteiger partial charge in [-0.15, -0.1) is 0 Å². The summed E-state index contributed by atoms with van der Waals surface area (Å²) in [6.45, 7) is 2.85. The molecule has 1 aromatic heterocycles. The molecule has 5 N–H and O–H groups in total. The highest BCUT2D eigenvalue weighted by Crippen LogP contribution is 2.35. The molecule has 1 saturated heterocycles. The van der Waals surface area contributed by atoms with Gasteiger partial charge in [0, 0.05) is 38.6 Å². The molecule has 0 unspecified atom stereocenters. The molecule has 0 saturated carbocycles. The number of rotatable bonds is 9. The van der Waals surface area contributed by atoms with Crippen LogP contribution in [0, 0.1) is 6.92 Å². The van der Waals surface area contributed by atoms with Crippen molar-refractivity contribution in [1.29, 1.82) is 0 Å². The van der Waals surface area contributed by atoms with Crippen LogP contribution >= 0.6 is 11.5 Å². The molecule has 200 valence electrons. The zero-order valence-electron chi connectivity index (χ0n) is 21.6. The summed E-state index contributed by atoms with van der Waals surface area (Å²) in [6, 6.07) is 13.7. The van der Waals surface area contributed by atoms with Crippen LogP contribution in [0.3, 0.4) is 0 Å². The number of ether oxygens (including phenoxy) is 1. The molecule has 0 bridgehead atoms. The predicted octanol–water partition coefficient (Wildman–Crippen LogP) is 2.88. The highest BCUT2D eigenvalue weighted by molar-refractivity contribution is 7.09. The number of primary amides is 1. The van der Waals surface area contributed by atoms with Crippen LogP contribution in [0.1, 0.15) is 50.2 Å². The van der Waals surface area contributed by atoms with Crippen molar-refractivity contribution >= 4 is 46.3 Å². The smallest absolute Gasteiger partial charge is 0.273 e. The second-order valence-electron chi connectivity index (χ2n) is 9.37. The van der Waals surface area contributed by atoms with Crippen LogP contribution < -0.4 is 26.6 Å².